The molecule has 0 N–H and O–H groups in total. The Bertz CT molecular complexity index is 3000. The molecule has 60 heavy (non-hydrogen) atoms. The fraction of sp³-hybridized carbons (Fsp3) is 0.429. The molecule has 0 amide bonds. The van der Waals surface area contributed by atoms with E-state index in [-0.39, 0.29) is 70.6 Å². The first-order chi connectivity index (χ1) is 31.4. The molecule has 3 aromatic carbocycles. The molecule has 0 fully saturated rings. The van der Waals surface area contributed by atoms with Crippen LogP contribution in [0.4, 0.5) is 17.1 Å². The van der Waals surface area contributed by atoms with Crippen molar-refractivity contribution >= 4 is 61.0 Å². The number of hydrogen-bond donors (Lipinski definition) is 0. The first-order valence-electron chi connectivity index (χ1n) is 26.1. The van der Waals surface area contributed by atoms with Crippen molar-refractivity contribution in [1.82, 2.24) is 0 Å². The van der Waals surface area contributed by atoms with Crippen LogP contribution in [0.1, 0.15) is 141 Å². The van der Waals surface area contributed by atoms with Gasteiger partial charge in [0.2, 0.25) is 0 Å². The van der Waals surface area contributed by atoms with Crippen LogP contribution in [0.2, 0.25) is 0 Å². The number of hydrogen-bond acceptors (Lipinski definition) is 3. The van der Waals surface area contributed by atoms with E-state index in [4.69, 9.17) is 4.11 Å². The Labute approximate surface area is 375 Å². The van der Waals surface area contributed by atoms with Gasteiger partial charge in [0.05, 0.1) is 15.3 Å². The maximum Gasteiger partial charge on any atom is 0.264 e. The van der Waals surface area contributed by atoms with Crippen molar-refractivity contribution in [3.05, 3.63) is 142 Å². The molecule has 0 bridgehead atoms. The van der Waals surface area contributed by atoms with Crippen LogP contribution in [0, 0.1) is 29.1 Å². The molecule has 10 rings (SSSR count). The van der Waals surface area contributed by atoms with Crippen molar-refractivity contribution in [2.75, 3.05) is 9.80 Å². The molecular formula is C56H65BN2S. The summed E-state index contributed by atoms with van der Waals surface area (Å²) >= 11 is 1.77. The molecule has 2 unspecified atom stereocenters. The topological polar surface area (TPSA) is 6.48 Å². The summed E-state index contributed by atoms with van der Waals surface area (Å²) < 4.78 is 67.1. The highest BCUT2D eigenvalue weighted by Gasteiger charge is 2.48. The minimum absolute atomic E-state index is 0.0604. The third-order valence-electron chi connectivity index (χ3n) is 15.0. The highest BCUT2D eigenvalue weighted by Crippen LogP contribution is 2.54. The van der Waals surface area contributed by atoms with Crippen LogP contribution < -0.4 is 20.0 Å². The van der Waals surface area contributed by atoms with Gasteiger partial charge in [-0.25, -0.2) is 0 Å². The minimum Gasteiger partial charge on any atom is -0.315 e. The zero-order chi connectivity index (χ0) is 48.1. The molecule has 2 aliphatic heterocycles. The van der Waals surface area contributed by atoms with Crippen molar-refractivity contribution in [3.8, 4) is 0 Å². The van der Waals surface area contributed by atoms with Crippen molar-refractivity contribution < 1.29 is 9.60 Å². The smallest absolute Gasteiger partial charge is 0.264 e. The van der Waals surface area contributed by atoms with Crippen molar-refractivity contribution in [3.63, 3.8) is 0 Å². The van der Waals surface area contributed by atoms with Gasteiger partial charge in [-0.2, -0.15) is 0 Å². The van der Waals surface area contributed by atoms with Crippen molar-refractivity contribution in [1.29, 1.82) is 0 Å². The second-order valence-corrected chi connectivity index (χ2v) is 22.5. The van der Waals surface area contributed by atoms with E-state index < -0.39 is 0 Å². The molecule has 0 radical (unpaired) electrons. The van der Waals surface area contributed by atoms with E-state index in [1.54, 1.807) is 11.3 Å². The summed E-state index contributed by atoms with van der Waals surface area (Å²) in [7, 11) is 0. The van der Waals surface area contributed by atoms with E-state index >= 15 is 0 Å². The summed E-state index contributed by atoms with van der Waals surface area (Å²) in [6.45, 7) is 24.8. The number of nitrogens with zero attached hydrogens (tertiary/aromatic N) is 2. The Morgan fingerprint density at radius 1 is 0.883 bits per heavy atom. The summed E-state index contributed by atoms with van der Waals surface area (Å²) in [5.74, 6) is 1.05. The summed E-state index contributed by atoms with van der Waals surface area (Å²) in [6.07, 6.45) is 16.3. The van der Waals surface area contributed by atoms with Crippen LogP contribution in [0.25, 0.3) is 15.7 Å². The third kappa shape index (κ3) is 6.24. The van der Waals surface area contributed by atoms with Gasteiger partial charge in [0, 0.05) is 43.3 Å². The second kappa shape index (κ2) is 14.1. The number of allylic oxidation sites excluding steroid dienone is 10. The van der Waals surface area contributed by atoms with Gasteiger partial charge in [-0.3, -0.25) is 0 Å². The van der Waals surface area contributed by atoms with Crippen LogP contribution in [0.3, 0.4) is 0 Å². The van der Waals surface area contributed by atoms with E-state index in [0.717, 1.165) is 80.8 Å². The van der Waals surface area contributed by atoms with Crippen molar-refractivity contribution in [2.45, 2.75) is 126 Å². The molecule has 2 atom stereocenters. The Hall–Kier alpha value is -4.28. The molecule has 0 saturated heterocycles. The molecule has 0 saturated carbocycles. The molecule has 4 aliphatic carbocycles. The Kier molecular flexibility index (Phi) is 7.64. The first kappa shape index (κ1) is 32.4. The summed E-state index contributed by atoms with van der Waals surface area (Å²) in [5, 5.41) is 1.09. The van der Waals surface area contributed by atoms with Gasteiger partial charge >= 0.3 is 0 Å². The SMILES string of the molecule is [2H]C1=C(N2c3cccc4c3B(C3=C(CCC(C(C)C)=C3)N4C3=C(c4c([2H])c([2H])c([2H])c([2H])c4[2H])CC(C(C)(C)C)C=C3)c3sc4c([2H])c5c(cc4c32)C(C)(C)CCC5(C)C)C=CC(C(C)C)C1. The van der Waals surface area contributed by atoms with Gasteiger partial charge in [0.25, 0.3) is 6.71 Å². The fourth-order valence-electron chi connectivity index (χ4n) is 10.9. The van der Waals surface area contributed by atoms with Crippen LogP contribution in [-0.2, 0) is 10.8 Å². The van der Waals surface area contributed by atoms with Crippen LogP contribution in [0.5, 0.6) is 0 Å². The summed E-state index contributed by atoms with van der Waals surface area (Å²) in [5.41, 5.74) is 12.8. The van der Waals surface area contributed by atoms with E-state index in [2.05, 4.69) is 141 Å². The molecule has 3 heterocycles. The van der Waals surface area contributed by atoms with E-state index in [1.165, 1.54) is 27.1 Å². The number of benzene rings is 3. The van der Waals surface area contributed by atoms with Crippen molar-refractivity contribution in [2.24, 2.45) is 29.1 Å². The zero-order valence-electron chi connectivity index (χ0n) is 44.6. The van der Waals surface area contributed by atoms with Crippen LogP contribution in [-0.4, -0.2) is 6.71 Å². The lowest BCUT2D eigenvalue weighted by atomic mass is 9.35. The largest absolute Gasteiger partial charge is 0.315 e. The van der Waals surface area contributed by atoms with Gasteiger partial charge in [-0.1, -0.05) is 142 Å². The highest BCUT2D eigenvalue weighted by molar-refractivity contribution is 7.33. The lowest BCUT2D eigenvalue weighted by Gasteiger charge is -2.47. The molecule has 4 heteroatoms. The molecule has 0 spiro atoms. The molecular weight excluding hydrogens is 744 g/mol. The molecule has 1 aromatic heterocycles. The normalized spacial score (nSPS) is 24.7. The average Bonchev–Trinajstić information content (AvgIpc) is 3.66. The Morgan fingerprint density at radius 2 is 1.60 bits per heavy atom. The minimum atomic E-state index is -0.385. The summed E-state index contributed by atoms with van der Waals surface area (Å²) in [4.78, 5) is 4.77. The van der Waals surface area contributed by atoms with E-state index in [9.17, 15) is 5.48 Å². The fourth-order valence-corrected chi connectivity index (χ4v) is 12.2. The quantitative estimate of drug-likeness (QED) is 0.185. The van der Waals surface area contributed by atoms with Gasteiger partial charge in [0.1, 0.15) is 0 Å². The number of rotatable bonds is 5. The van der Waals surface area contributed by atoms with E-state index in [0.29, 0.717) is 36.8 Å². The van der Waals surface area contributed by atoms with Gasteiger partial charge in [-0.15, -0.1) is 11.3 Å². The lowest BCUT2D eigenvalue weighted by molar-refractivity contribution is 0.296. The van der Waals surface area contributed by atoms with Gasteiger partial charge < -0.3 is 9.80 Å². The van der Waals surface area contributed by atoms with Gasteiger partial charge in [0.15, 0.2) is 0 Å². The van der Waals surface area contributed by atoms with Crippen LogP contribution in [0.15, 0.2) is 125 Å². The maximum absolute atomic E-state index is 10.2. The number of anilines is 3. The predicted octanol–water partition coefficient (Wildman–Crippen LogP) is 14.4. The number of thiophene rings is 1. The molecule has 2 nitrogen and oxygen atoms in total. The molecule has 308 valence electrons. The van der Waals surface area contributed by atoms with Crippen LogP contribution >= 0.6 is 11.3 Å². The predicted molar refractivity (Wildman–Crippen MR) is 263 cm³/mol. The first-order valence-corrected chi connectivity index (χ1v) is 23.4. The maximum atomic E-state index is 10.2. The standard InChI is InChI=1S/C56H65BN2S/c1-34(2)36-20-24-40(25-21-36)58-48-18-15-19-49-51(48)57(53-52(58)42-32-43-44(33-50(42)60-53)56(10,11)29-28-55(43,8)9)45-30-38(35(3)4)22-26-47(45)59(49)46-27-23-39(54(5,6)7)31-41(46)37-16-13-12-14-17-37/h12-20,23-25,27,30,32-36,39H,21-22,26,28-29,31H2,1-11H3/i12D,13D,14D,16D,17D,25D,33D. The average molecular weight is 816 g/mol. The zero-order valence-corrected chi connectivity index (χ0v) is 38.4. The molecule has 4 aromatic rings. The lowest BCUT2D eigenvalue weighted by Crippen LogP contribution is -2.56. The second-order valence-electron chi connectivity index (χ2n) is 21.4. The van der Waals surface area contributed by atoms with Gasteiger partial charge in [-0.05, 0) is 148 Å². The molecule has 6 aliphatic rings. The van der Waals surface area contributed by atoms with E-state index in [1.807, 2.05) is 0 Å². The monoisotopic (exact) mass is 816 g/mol. The Balaban J connectivity index is 1.33. The summed E-state index contributed by atoms with van der Waals surface area (Å²) in [6, 6.07) is 8.88. The highest BCUT2D eigenvalue weighted by atomic mass is 32.1. The Morgan fingerprint density at radius 3 is 2.28 bits per heavy atom. The number of fused-ring (bicyclic) bond motifs is 6. The third-order valence-corrected chi connectivity index (χ3v) is 16.2.